The molecule has 0 bridgehead atoms. The van der Waals surface area contributed by atoms with E-state index in [1.54, 1.807) is 11.1 Å². The molecule has 0 radical (unpaired) electrons. The van der Waals surface area contributed by atoms with Gasteiger partial charge in [0, 0.05) is 43.0 Å². The topological polar surface area (TPSA) is 78.0 Å². The van der Waals surface area contributed by atoms with Crippen LogP contribution in [0.4, 0.5) is 10.3 Å². The molecule has 1 amide bonds. The molecule has 0 aliphatic carbocycles. The van der Waals surface area contributed by atoms with Crippen molar-refractivity contribution in [1.82, 2.24) is 24.8 Å². The summed E-state index contributed by atoms with van der Waals surface area (Å²) in [6, 6.07) is 3.82. The lowest BCUT2D eigenvalue weighted by Gasteiger charge is -2.15. The Balaban J connectivity index is 1.90. The SMILES string of the molecule is C=C(F)C(=O)N1Cc2nc(N(C)C)nc(-c3ccnc4[nH]ccc34)c2C1. The Morgan fingerprint density at radius 1 is 1.31 bits per heavy atom. The molecule has 0 saturated heterocycles. The first-order chi connectivity index (χ1) is 12.5. The lowest BCUT2D eigenvalue weighted by Crippen LogP contribution is -2.25. The number of hydrogen-bond acceptors (Lipinski definition) is 5. The van der Waals surface area contributed by atoms with Crippen molar-refractivity contribution in [2.45, 2.75) is 13.1 Å². The average Bonchev–Trinajstić information content (AvgIpc) is 3.26. The molecular formula is C18H17FN6O. The molecular weight excluding hydrogens is 335 g/mol. The molecule has 3 aromatic heterocycles. The van der Waals surface area contributed by atoms with Crippen molar-refractivity contribution in [2.75, 3.05) is 19.0 Å². The van der Waals surface area contributed by atoms with Gasteiger partial charge in [-0.25, -0.2) is 19.3 Å². The Bertz CT molecular complexity index is 1040. The zero-order valence-corrected chi connectivity index (χ0v) is 14.5. The zero-order chi connectivity index (χ0) is 18.4. The van der Waals surface area contributed by atoms with E-state index in [0.29, 0.717) is 11.6 Å². The first kappa shape index (κ1) is 16.2. The fourth-order valence-corrected chi connectivity index (χ4v) is 3.15. The van der Waals surface area contributed by atoms with Crippen molar-refractivity contribution in [3.05, 3.63) is 48.2 Å². The Labute approximate surface area is 149 Å². The molecule has 0 fully saturated rings. The van der Waals surface area contributed by atoms with Gasteiger partial charge < -0.3 is 14.8 Å². The quantitative estimate of drug-likeness (QED) is 0.733. The van der Waals surface area contributed by atoms with Gasteiger partial charge in [0.25, 0.3) is 5.91 Å². The minimum absolute atomic E-state index is 0.231. The summed E-state index contributed by atoms with van der Waals surface area (Å²) >= 11 is 0. The van der Waals surface area contributed by atoms with Crippen LogP contribution in [0.5, 0.6) is 0 Å². The third-order valence-corrected chi connectivity index (χ3v) is 4.41. The highest BCUT2D eigenvalue weighted by atomic mass is 19.1. The molecule has 8 heteroatoms. The molecule has 4 rings (SSSR count). The van der Waals surface area contributed by atoms with Crippen LogP contribution in [0.15, 0.2) is 36.9 Å². The second-order valence-corrected chi connectivity index (χ2v) is 6.36. The molecule has 0 atom stereocenters. The summed E-state index contributed by atoms with van der Waals surface area (Å²) in [5.41, 5.74) is 3.91. The molecule has 1 aliphatic rings. The smallest absolute Gasteiger partial charge is 0.282 e. The highest BCUT2D eigenvalue weighted by Gasteiger charge is 2.30. The third kappa shape index (κ3) is 2.50. The zero-order valence-electron chi connectivity index (χ0n) is 14.5. The van der Waals surface area contributed by atoms with E-state index in [0.717, 1.165) is 27.9 Å². The van der Waals surface area contributed by atoms with Gasteiger partial charge >= 0.3 is 0 Å². The van der Waals surface area contributed by atoms with Gasteiger partial charge in [0.1, 0.15) is 5.65 Å². The molecule has 0 saturated carbocycles. The second-order valence-electron chi connectivity index (χ2n) is 6.36. The number of amides is 1. The molecule has 0 spiro atoms. The summed E-state index contributed by atoms with van der Waals surface area (Å²) in [6.07, 6.45) is 3.53. The molecule has 0 unspecified atom stereocenters. The van der Waals surface area contributed by atoms with Crippen LogP contribution >= 0.6 is 0 Å². The summed E-state index contributed by atoms with van der Waals surface area (Å²) in [5.74, 6) is -1.16. The van der Waals surface area contributed by atoms with E-state index in [4.69, 9.17) is 4.98 Å². The Kier molecular flexibility index (Phi) is 3.68. The lowest BCUT2D eigenvalue weighted by atomic mass is 10.0. The maximum absolute atomic E-state index is 13.3. The van der Waals surface area contributed by atoms with Gasteiger partial charge in [0.05, 0.1) is 24.5 Å². The van der Waals surface area contributed by atoms with Crippen molar-refractivity contribution >= 4 is 22.9 Å². The van der Waals surface area contributed by atoms with Crippen LogP contribution in [-0.2, 0) is 17.9 Å². The largest absolute Gasteiger partial charge is 0.347 e. The maximum atomic E-state index is 13.3. The Morgan fingerprint density at radius 3 is 2.85 bits per heavy atom. The van der Waals surface area contributed by atoms with Crippen molar-refractivity contribution in [3.63, 3.8) is 0 Å². The van der Waals surface area contributed by atoms with E-state index in [1.807, 2.05) is 32.4 Å². The summed E-state index contributed by atoms with van der Waals surface area (Å²) in [7, 11) is 3.70. The van der Waals surface area contributed by atoms with Gasteiger partial charge in [0.15, 0.2) is 5.83 Å². The number of aromatic nitrogens is 4. The van der Waals surface area contributed by atoms with E-state index in [1.165, 1.54) is 4.90 Å². The standard InChI is InChI=1S/C18H17FN6O/c1-10(19)17(26)25-8-13-14(9-25)22-18(24(2)3)23-15(13)11-4-6-20-16-12(11)5-7-21-16/h4-7H,1,8-9H2,2-3H3,(H,20,21). The predicted octanol–water partition coefficient (Wildman–Crippen LogP) is 2.41. The van der Waals surface area contributed by atoms with Crippen molar-refractivity contribution in [1.29, 1.82) is 0 Å². The van der Waals surface area contributed by atoms with Gasteiger partial charge in [-0.2, -0.15) is 0 Å². The van der Waals surface area contributed by atoms with E-state index >= 15 is 0 Å². The van der Waals surface area contributed by atoms with E-state index in [-0.39, 0.29) is 13.1 Å². The van der Waals surface area contributed by atoms with Crippen LogP contribution in [0, 0.1) is 0 Å². The van der Waals surface area contributed by atoms with Crippen LogP contribution in [0.1, 0.15) is 11.3 Å². The van der Waals surface area contributed by atoms with Crippen LogP contribution in [0.2, 0.25) is 0 Å². The minimum atomic E-state index is -0.975. The van der Waals surface area contributed by atoms with E-state index in [9.17, 15) is 9.18 Å². The number of carbonyl (C=O) groups is 1. The normalized spacial score (nSPS) is 13.1. The molecule has 132 valence electrons. The summed E-state index contributed by atoms with van der Waals surface area (Å²) in [6.45, 7) is 3.58. The van der Waals surface area contributed by atoms with Crippen molar-refractivity contribution < 1.29 is 9.18 Å². The second kappa shape index (κ2) is 5.91. The number of anilines is 1. The number of rotatable bonds is 3. The average molecular weight is 352 g/mol. The summed E-state index contributed by atoms with van der Waals surface area (Å²) in [5, 5.41) is 0.929. The number of carbonyl (C=O) groups excluding carboxylic acids is 1. The van der Waals surface area contributed by atoms with Gasteiger partial charge in [-0.1, -0.05) is 6.58 Å². The Hall–Kier alpha value is -3.29. The number of aromatic amines is 1. The molecule has 0 aromatic carbocycles. The molecule has 1 aliphatic heterocycles. The van der Waals surface area contributed by atoms with Crippen LogP contribution < -0.4 is 4.90 Å². The van der Waals surface area contributed by atoms with Gasteiger partial charge in [-0.05, 0) is 12.1 Å². The molecule has 7 nitrogen and oxygen atoms in total. The van der Waals surface area contributed by atoms with Gasteiger partial charge in [-0.15, -0.1) is 0 Å². The first-order valence-corrected chi connectivity index (χ1v) is 8.09. The predicted molar refractivity (Wildman–Crippen MR) is 95.9 cm³/mol. The van der Waals surface area contributed by atoms with Crippen molar-refractivity contribution in [2.24, 2.45) is 0 Å². The van der Waals surface area contributed by atoms with Gasteiger partial charge in [-0.3, -0.25) is 4.79 Å². The highest BCUT2D eigenvalue weighted by Crippen LogP contribution is 2.35. The Morgan fingerprint density at radius 2 is 2.12 bits per heavy atom. The number of nitrogens with zero attached hydrogens (tertiary/aromatic N) is 5. The molecule has 3 aromatic rings. The maximum Gasteiger partial charge on any atom is 0.282 e. The first-order valence-electron chi connectivity index (χ1n) is 8.09. The number of nitrogens with one attached hydrogen (secondary N) is 1. The summed E-state index contributed by atoms with van der Waals surface area (Å²) < 4.78 is 13.3. The number of H-pyrrole nitrogens is 1. The fraction of sp³-hybridized carbons (Fsp3) is 0.222. The van der Waals surface area contributed by atoms with Crippen LogP contribution in [0.25, 0.3) is 22.3 Å². The fourth-order valence-electron chi connectivity index (χ4n) is 3.15. The van der Waals surface area contributed by atoms with Gasteiger partial charge in [0.2, 0.25) is 5.95 Å². The van der Waals surface area contributed by atoms with E-state index < -0.39 is 11.7 Å². The monoisotopic (exact) mass is 352 g/mol. The number of halogens is 1. The number of hydrogen-bond donors (Lipinski definition) is 1. The highest BCUT2D eigenvalue weighted by molar-refractivity contribution is 5.94. The molecule has 26 heavy (non-hydrogen) atoms. The summed E-state index contributed by atoms with van der Waals surface area (Å²) in [4.78, 5) is 31.9. The van der Waals surface area contributed by atoms with E-state index in [2.05, 4.69) is 21.5 Å². The molecule has 1 N–H and O–H groups in total. The molecule has 4 heterocycles. The lowest BCUT2D eigenvalue weighted by molar-refractivity contribution is -0.129. The third-order valence-electron chi connectivity index (χ3n) is 4.41. The minimum Gasteiger partial charge on any atom is -0.347 e. The van der Waals surface area contributed by atoms with Crippen LogP contribution in [0.3, 0.4) is 0 Å². The van der Waals surface area contributed by atoms with Crippen molar-refractivity contribution in [3.8, 4) is 11.3 Å². The number of fused-ring (bicyclic) bond motifs is 2. The number of pyridine rings is 1. The van der Waals surface area contributed by atoms with Crippen LogP contribution in [-0.4, -0.2) is 44.8 Å².